The van der Waals surface area contributed by atoms with Gasteiger partial charge in [-0.1, -0.05) is 6.07 Å². The van der Waals surface area contributed by atoms with Crippen LogP contribution in [0.1, 0.15) is 39.3 Å². The molecule has 0 heterocycles. The summed E-state index contributed by atoms with van der Waals surface area (Å²) in [6, 6.07) is 4.39. The fourth-order valence-corrected chi connectivity index (χ4v) is 2.99. The van der Waals surface area contributed by atoms with Crippen LogP contribution in [-0.2, 0) is 6.18 Å². The molecule has 3 atom stereocenters. The predicted molar refractivity (Wildman–Crippen MR) is 75.5 cm³/mol. The molecule has 2 aromatic rings. The highest BCUT2D eigenvalue weighted by atomic mass is 19.4. The van der Waals surface area contributed by atoms with Crippen molar-refractivity contribution in [1.82, 2.24) is 0 Å². The van der Waals surface area contributed by atoms with Crippen LogP contribution in [0.3, 0.4) is 0 Å². The van der Waals surface area contributed by atoms with Crippen molar-refractivity contribution in [2.24, 2.45) is 5.92 Å². The predicted octanol–water partition coefficient (Wildman–Crippen LogP) is 3.56. The zero-order valence-corrected chi connectivity index (χ0v) is 12.4. The molecule has 0 radical (unpaired) electrons. The van der Waals surface area contributed by atoms with Crippen molar-refractivity contribution >= 4 is 5.78 Å². The number of alkyl halides is 3. The Morgan fingerprint density at radius 3 is 2.16 bits per heavy atom. The lowest BCUT2D eigenvalue weighted by atomic mass is 9.90. The highest BCUT2D eigenvalue weighted by Crippen LogP contribution is 2.44. The first-order valence-electron chi connectivity index (χ1n) is 7.17. The van der Waals surface area contributed by atoms with E-state index in [9.17, 15) is 37.0 Å². The van der Waals surface area contributed by atoms with Crippen LogP contribution >= 0.6 is 0 Å². The zero-order valence-electron chi connectivity index (χ0n) is 12.4. The Balaban J connectivity index is 2.00. The summed E-state index contributed by atoms with van der Waals surface area (Å²) in [6.45, 7) is 0. The van der Waals surface area contributed by atoms with Gasteiger partial charge in [-0.15, -0.1) is 0 Å². The summed E-state index contributed by atoms with van der Waals surface area (Å²) in [7, 11) is 0. The van der Waals surface area contributed by atoms with Crippen molar-refractivity contribution in [1.29, 1.82) is 0 Å². The topological polar surface area (TPSA) is 57.5 Å². The van der Waals surface area contributed by atoms with E-state index in [0.29, 0.717) is 18.2 Å². The number of hydrogen-bond acceptors (Lipinski definition) is 3. The van der Waals surface area contributed by atoms with E-state index in [-0.39, 0.29) is 16.7 Å². The van der Waals surface area contributed by atoms with Crippen molar-refractivity contribution in [3.63, 3.8) is 0 Å². The van der Waals surface area contributed by atoms with Gasteiger partial charge in [0.05, 0.1) is 23.7 Å². The van der Waals surface area contributed by atoms with Crippen LogP contribution in [-0.4, -0.2) is 16.0 Å². The standard InChI is InChI=1S/C17H11F5O3/c18-9-3-7(4-10(19)6-9)14(23)13-15(24)11-2-1-8(17(20,21)22)5-12(11)16(13)25/h1-6,13-14,16,23,25H. The molecule has 0 aliphatic heterocycles. The molecule has 0 bridgehead atoms. The molecule has 0 amide bonds. The van der Waals surface area contributed by atoms with E-state index in [4.69, 9.17) is 0 Å². The average molecular weight is 358 g/mol. The van der Waals surface area contributed by atoms with Gasteiger partial charge in [-0.05, 0) is 35.4 Å². The largest absolute Gasteiger partial charge is 0.416 e. The maximum absolute atomic E-state index is 13.3. The third-order valence-corrected chi connectivity index (χ3v) is 4.17. The first-order valence-corrected chi connectivity index (χ1v) is 7.17. The van der Waals surface area contributed by atoms with Gasteiger partial charge in [-0.2, -0.15) is 13.2 Å². The van der Waals surface area contributed by atoms with E-state index in [0.717, 1.165) is 18.2 Å². The Bertz CT molecular complexity index is 826. The van der Waals surface area contributed by atoms with Gasteiger partial charge in [-0.3, -0.25) is 4.79 Å². The van der Waals surface area contributed by atoms with E-state index in [1.807, 2.05) is 0 Å². The van der Waals surface area contributed by atoms with Gasteiger partial charge in [0.15, 0.2) is 5.78 Å². The number of Topliss-reactive ketones (excluding diaryl/α,β-unsaturated/α-hetero) is 1. The maximum atomic E-state index is 13.3. The molecule has 3 unspecified atom stereocenters. The molecule has 0 aromatic heterocycles. The van der Waals surface area contributed by atoms with Crippen molar-refractivity contribution in [2.45, 2.75) is 18.4 Å². The van der Waals surface area contributed by atoms with E-state index in [1.54, 1.807) is 0 Å². The zero-order chi connectivity index (χ0) is 18.5. The average Bonchev–Trinajstić information content (AvgIpc) is 2.76. The van der Waals surface area contributed by atoms with Crippen LogP contribution in [0.4, 0.5) is 22.0 Å². The van der Waals surface area contributed by atoms with Crippen molar-refractivity contribution in [3.05, 3.63) is 70.3 Å². The molecule has 3 rings (SSSR count). The summed E-state index contributed by atoms with van der Waals surface area (Å²) in [5.74, 6) is -4.34. The summed E-state index contributed by atoms with van der Waals surface area (Å²) < 4.78 is 65.0. The van der Waals surface area contributed by atoms with Crippen molar-refractivity contribution in [2.75, 3.05) is 0 Å². The van der Waals surface area contributed by atoms with E-state index in [2.05, 4.69) is 0 Å². The first kappa shape index (κ1) is 17.5. The third kappa shape index (κ3) is 3.03. The number of ketones is 1. The number of fused-ring (bicyclic) bond motifs is 1. The molecule has 0 saturated heterocycles. The number of aliphatic hydroxyl groups is 2. The van der Waals surface area contributed by atoms with E-state index in [1.165, 1.54) is 0 Å². The summed E-state index contributed by atoms with van der Waals surface area (Å²) >= 11 is 0. The number of benzene rings is 2. The van der Waals surface area contributed by atoms with Crippen LogP contribution in [0.5, 0.6) is 0 Å². The Labute approximate surface area is 138 Å². The van der Waals surface area contributed by atoms with Crippen molar-refractivity contribution in [3.8, 4) is 0 Å². The SMILES string of the molecule is O=C1c2ccc(C(F)(F)F)cc2C(O)C1C(O)c1cc(F)cc(F)c1. The van der Waals surface area contributed by atoms with Gasteiger partial charge in [0.25, 0.3) is 0 Å². The van der Waals surface area contributed by atoms with Crippen LogP contribution in [0, 0.1) is 17.6 Å². The molecule has 25 heavy (non-hydrogen) atoms. The minimum absolute atomic E-state index is 0.165. The van der Waals surface area contributed by atoms with Crippen LogP contribution in [0.25, 0.3) is 0 Å². The van der Waals surface area contributed by atoms with Crippen LogP contribution < -0.4 is 0 Å². The lowest BCUT2D eigenvalue weighted by Crippen LogP contribution is -2.22. The van der Waals surface area contributed by atoms with Gasteiger partial charge >= 0.3 is 6.18 Å². The normalized spacial score (nSPS) is 21.3. The Kier molecular flexibility index (Phi) is 4.12. The quantitative estimate of drug-likeness (QED) is 0.807. The molecule has 0 saturated carbocycles. The Morgan fingerprint density at radius 1 is 1.00 bits per heavy atom. The maximum Gasteiger partial charge on any atom is 0.416 e. The summed E-state index contributed by atoms with van der Waals surface area (Å²) in [4.78, 5) is 12.4. The van der Waals surface area contributed by atoms with Gasteiger partial charge in [0, 0.05) is 11.6 Å². The third-order valence-electron chi connectivity index (χ3n) is 4.17. The highest BCUT2D eigenvalue weighted by Gasteiger charge is 2.45. The number of halogens is 5. The first-order chi connectivity index (χ1) is 11.6. The summed E-state index contributed by atoms with van der Waals surface area (Å²) in [5, 5.41) is 20.5. The fourth-order valence-electron chi connectivity index (χ4n) is 2.99. The molecule has 2 N–H and O–H groups in total. The molecule has 2 aromatic carbocycles. The minimum Gasteiger partial charge on any atom is -0.388 e. The number of carbonyl (C=O) groups excluding carboxylic acids is 1. The molecule has 3 nitrogen and oxygen atoms in total. The molecule has 0 spiro atoms. The number of hydrogen-bond donors (Lipinski definition) is 2. The monoisotopic (exact) mass is 358 g/mol. The molecule has 1 aliphatic rings. The van der Waals surface area contributed by atoms with Crippen LogP contribution in [0.2, 0.25) is 0 Å². The van der Waals surface area contributed by atoms with E-state index < -0.39 is 47.3 Å². The number of carbonyl (C=O) groups is 1. The fraction of sp³-hybridized carbons (Fsp3) is 0.235. The van der Waals surface area contributed by atoms with Gasteiger partial charge in [0.1, 0.15) is 11.6 Å². The summed E-state index contributed by atoms with van der Waals surface area (Å²) in [6.07, 6.45) is -8.18. The van der Waals surface area contributed by atoms with Gasteiger partial charge in [-0.25, -0.2) is 8.78 Å². The number of rotatable bonds is 2. The molecular formula is C17H11F5O3. The highest BCUT2D eigenvalue weighted by molar-refractivity contribution is 6.03. The second kappa shape index (κ2) is 5.89. The smallest absolute Gasteiger partial charge is 0.388 e. The van der Waals surface area contributed by atoms with Gasteiger partial charge < -0.3 is 10.2 Å². The lowest BCUT2D eigenvalue weighted by Gasteiger charge is -2.21. The second-order valence-electron chi connectivity index (χ2n) is 5.78. The van der Waals surface area contributed by atoms with E-state index >= 15 is 0 Å². The van der Waals surface area contributed by atoms with Crippen LogP contribution in [0.15, 0.2) is 36.4 Å². The van der Waals surface area contributed by atoms with Gasteiger partial charge in [0.2, 0.25) is 0 Å². The molecule has 8 heteroatoms. The Hall–Kier alpha value is -2.32. The second-order valence-corrected chi connectivity index (χ2v) is 5.78. The number of aliphatic hydroxyl groups excluding tert-OH is 2. The summed E-state index contributed by atoms with van der Waals surface area (Å²) in [5.41, 5.74) is -1.79. The molecule has 132 valence electrons. The van der Waals surface area contributed by atoms with Crippen molar-refractivity contribution < 1.29 is 37.0 Å². The molecule has 1 aliphatic carbocycles. The molecular weight excluding hydrogens is 347 g/mol. The Morgan fingerprint density at radius 2 is 1.60 bits per heavy atom. The molecule has 0 fully saturated rings. The lowest BCUT2D eigenvalue weighted by molar-refractivity contribution is -0.137. The minimum atomic E-state index is -4.67.